The zero-order valence-electron chi connectivity index (χ0n) is 9.36. The third-order valence-corrected chi connectivity index (χ3v) is 2.94. The van der Waals surface area contributed by atoms with Crippen molar-refractivity contribution in [1.29, 1.82) is 0 Å². The van der Waals surface area contributed by atoms with Crippen LogP contribution in [0.2, 0.25) is 0 Å². The minimum absolute atomic E-state index is 0.330. The van der Waals surface area contributed by atoms with Crippen LogP contribution in [0.15, 0.2) is 22.0 Å². The van der Waals surface area contributed by atoms with Gasteiger partial charge in [-0.15, -0.1) is 0 Å². The van der Waals surface area contributed by atoms with Gasteiger partial charge in [0, 0.05) is 26.0 Å². The molecule has 0 aliphatic carbocycles. The summed E-state index contributed by atoms with van der Waals surface area (Å²) in [5.74, 6) is 0. The van der Waals surface area contributed by atoms with Gasteiger partial charge in [-0.05, 0) is 13.3 Å². The summed E-state index contributed by atoms with van der Waals surface area (Å²) in [7, 11) is 1.56. The molecular formula is C10H17N3O2. The molecule has 1 unspecified atom stereocenters. The van der Waals surface area contributed by atoms with Crippen molar-refractivity contribution in [3.63, 3.8) is 0 Å². The number of hydrogen-bond acceptors (Lipinski definition) is 3. The second-order valence-corrected chi connectivity index (χ2v) is 3.94. The average molecular weight is 211 g/mol. The quantitative estimate of drug-likeness (QED) is 0.693. The molecule has 0 saturated heterocycles. The van der Waals surface area contributed by atoms with Gasteiger partial charge in [-0.1, -0.05) is 6.92 Å². The van der Waals surface area contributed by atoms with E-state index in [-0.39, 0.29) is 0 Å². The molecule has 0 spiro atoms. The van der Waals surface area contributed by atoms with E-state index < -0.39 is 16.7 Å². The molecule has 1 aromatic rings. The van der Waals surface area contributed by atoms with Gasteiger partial charge in [-0.3, -0.25) is 9.59 Å². The van der Waals surface area contributed by atoms with Crippen LogP contribution in [0.25, 0.3) is 0 Å². The fourth-order valence-electron chi connectivity index (χ4n) is 1.39. The first kappa shape index (κ1) is 11.7. The SMILES string of the molecule is CCC(C)(CN)n1ccn(C)c(=O)c1=O. The first-order chi connectivity index (χ1) is 6.96. The van der Waals surface area contributed by atoms with Gasteiger partial charge in [0.1, 0.15) is 0 Å². The molecule has 0 aliphatic heterocycles. The summed E-state index contributed by atoms with van der Waals surface area (Å²) in [5, 5.41) is 0. The summed E-state index contributed by atoms with van der Waals surface area (Å²) < 4.78 is 2.70. The molecule has 1 rings (SSSR count). The van der Waals surface area contributed by atoms with Crippen LogP contribution in [-0.4, -0.2) is 15.7 Å². The second kappa shape index (κ2) is 4.02. The molecule has 5 nitrogen and oxygen atoms in total. The summed E-state index contributed by atoms with van der Waals surface area (Å²) in [6.45, 7) is 4.14. The monoisotopic (exact) mass is 211 g/mol. The summed E-state index contributed by atoms with van der Waals surface area (Å²) in [4.78, 5) is 23.2. The lowest BCUT2D eigenvalue weighted by molar-refractivity contribution is 0.303. The first-order valence-corrected chi connectivity index (χ1v) is 4.95. The Morgan fingerprint density at radius 3 is 2.40 bits per heavy atom. The lowest BCUT2D eigenvalue weighted by Crippen LogP contribution is -2.50. The third kappa shape index (κ3) is 1.87. The summed E-state index contributed by atoms with van der Waals surface area (Å²) >= 11 is 0. The van der Waals surface area contributed by atoms with Gasteiger partial charge < -0.3 is 14.9 Å². The van der Waals surface area contributed by atoms with Crippen LogP contribution in [0.3, 0.4) is 0 Å². The van der Waals surface area contributed by atoms with Crippen LogP contribution in [0.4, 0.5) is 0 Å². The molecular weight excluding hydrogens is 194 g/mol. The van der Waals surface area contributed by atoms with Gasteiger partial charge in [0.2, 0.25) is 0 Å². The molecule has 15 heavy (non-hydrogen) atoms. The van der Waals surface area contributed by atoms with Crippen LogP contribution in [0.1, 0.15) is 20.3 Å². The average Bonchev–Trinajstić information content (AvgIpc) is 2.25. The van der Waals surface area contributed by atoms with Gasteiger partial charge in [0.05, 0.1) is 5.54 Å². The molecule has 1 aromatic heterocycles. The maximum Gasteiger partial charge on any atom is 0.316 e. The number of hydrogen-bond donors (Lipinski definition) is 1. The highest BCUT2D eigenvalue weighted by molar-refractivity contribution is 4.93. The predicted molar refractivity (Wildman–Crippen MR) is 58.9 cm³/mol. The lowest BCUT2D eigenvalue weighted by atomic mass is 9.99. The van der Waals surface area contributed by atoms with Crippen LogP contribution in [0.5, 0.6) is 0 Å². The van der Waals surface area contributed by atoms with Gasteiger partial charge in [-0.2, -0.15) is 0 Å². The number of nitrogens with zero attached hydrogens (tertiary/aromatic N) is 2. The summed E-state index contributed by atoms with van der Waals surface area (Å²) in [5.41, 5.74) is 4.12. The van der Waals surface area contributed by atoms with E-state index >= 15 is 0 Å². The molecule has 5 heteroatoms. The predicted octanol–water partition coefficient (Wildman–Crippen LogP) is -0.369. The molecule has 0 aromatic carbocycles. The van der Waals surface area contributed by atoms with E-state index in [0.29, 0.717) is 13.0 Å². The number of nitrogens with two attached hydrogens (primary N) is 1. The fraction of sp³-hybridized carbons (Fsp3) is 0.600. The Morgan fingerprint density at radius 1 is 1.33 bits per heavy atom. The van der Waals surface area contributed by atoms with E-state index in [1.807, 2.05) is 13.8 Å². The third-order valence-electron chi connectivity index (χ3n) is 2.94. The number of aryl methyl sites for hydroxylation is 1. The Kier molecular flexibility index (Phi) is 3.14. The van der Waals surface area contributed by atoms with E-state index in [4.69, 9.17) is 5.73 Å². The summed E-state index contributed by atoms with van der Waals surface area (Å²) in [6.07, 6.45) is 3.89. The normalized spacial score (nSPS) is 14.9. The molecule has 0 bridgehead atoms. The van der Waals surface area contributed by atoms with Crippen LogP contribution in [0, 0.1) is 0 Å². The zero-order valence-corrected chi connectivity index (χ0v) is 9.36. The Balaban J connectivity index is 3.47. The van der Waals surface area contributed by atoms with Crippen molar-refractivity contribution >= 4 is 0 Å². The maximum atomic E-state index is 11.7. The molecule has 1 atom stereocenters. The molecule has 1 heterocycles. The highest BCUT2D eigenvalue weighted by Crippen LogP contribution is 2.15. The van der Waals surface area contributed by atoms with E-state index in [1.54, 1.807) is 19.4 Å². The van der Waals surface area contributed by atoms with Gasteiger partial charge >= 0.3 is 11.1 Å². The van der Waals surface area contributed by atoms with Crippen molar-refractivity contribution in [3.8, 4) is 0 Å². The Hall–Kier alpha value is -1.36. The van der Waals surface area contributed by atoms with E-state index in [2.05, 4.69) is 0 Å². The van der Waals surface area contributed by atoms with Crippen molar-refractivity contribution in [2.24, 2.45) is 12.8 Å². The first-order valence-electron chi connectivity index (χ1n) is 4.95. The van der Waals surface area contributed by atoms with Crippen molar-refractivity contribution in [2.45, 2.75) is 25.8 Å². The fourth-order valence-corrected chi connectivity index (χ4v) is 1.39. The lowest BCUT2D eigenvalue weighted by Gasteiger charge is -2.28. The highest BCUT2D eigenvalue weighted by atomic mass is 16.2. The van der Waals surface area contributed by atoms with Gasteiger partial charge in [0.25, 0.3) is 0 Å². The van der Waals surface area contributed by atoms with Crippen LogP contribution >= 0.6 is 0 Å². The van der Waals surface area contributed by atoms with E-state index in [0.717, 1.165) is 0 Å². The minimum Gasteiger partial charge on any atom is -0.328 e. The van der Waals surface area contributed by atoms with Crippen LogP contribution in [-0.2, 0) is 12.6 Å². The molecule has 0 saturated carbocycles. The summed E-state index contributed by atoms with van der Waals surface area (Å²) in [6, 6.07) is 0. The molecule has 0 radical (unpaired) electrons. The highest BCUT2D eigenvalue weighted by Gasteiger charge is 2.24. The van der Waals surface area contributed by atoms with Crippen molar-refractivity contribution < 1.29 is 0 Å². The topological polar surface area (TPSA) is 70.0 Å². The second-order valence-electron chi connectivity index (χ2n) is 3.94. The molecule has 0 amide bonds. The molecule has 0 aliphatic rings. The van der Waals surface area contributed by atoms with Gasteiger partial charge in [-0.25, -0.2) is 0 Å². The van der Waals surface area contributed by atoms with E-state index in [1.165, 1.54) is 9.13 Å². The smallest absolute Gasteiger partial charge is 0.316 e. The molecule has 0 fully saturated rings. The molecule has 2 N–H and O–H groups in total. The number of rotatable bonds is 3. The van der Waals surface area contributed by atoms with Crippen molar-refractivity contribution in [1.82, 2.24) is 9.13 Å². The minimum atomic E-state index is -0.523. The Bertz CT molecular complexity index is 454. The maximum absolute atomic E-state index is 11.7. The standard InChI is InChI=1S/C10H17N3O2/c1-4-10(2,7-11)13-6-5-12(3)8(14)9(13)15/h5-6H,4,7,11H2,1-3H3. The Morgan fingerprint density at radius 2 is 1.93 bits per heavy atom. The van der Waals surface area contributed by atoms with Crippen molar-refractivity contribution in [2.75, 3.05) is 6.54 Å². The largest absolute Gasteiger partial charge is 0.328 e. The molecule has 84 valence electrons. The Labute approximate surface area is 88.1 Å². The van der Waals surface area contributed by atoms with Crippen molar-refractivity contribution in [3.05, 3.63) is 33.1 Å². The number of aromatic nitrogens is 2. The van der Waals surface area contributed by atoms with E-state index in [9.17, 15) is 9.59 Å². The zero-order chi connectivity index (χ0) is 11.6. The van der Waals surface area contributed by atoms with Crippen LogP contribution < -0.4 is 16.9 Å². The van der Waals surface area contributed by atoms with Gasteiger partial charge in [0.15, 0.2) is 0 Å².